The summed E-state index contributed by atoms with van der Waals surface area (Å²) in [6.07, 6.45) is -4.01. The van der Waals surface area contributed by atoms with Gasteiger partial charge in [-0.05, 0) is 36.4 Å². The standard InChI is InChI=1S/C20H11ClF4N4OS/c21-12-4-6-14(7-5-12)29-17(20(23,24)25)15(9-26-29)18(30)28-19-27-16(10-31-19)11-2-1-3-13(22)8-11/h1-10H,(H,27,28,30). The molecule has 0 saturated carbocycles. The maximum absolute atomic E-state index is 13.8. The number of benzene rings is 2. The van der Waals surface area contributed by atoms with Crippen molar-refractivity contribution in [2.45, 2.75) is 6.18 Å². The summed E-state index contributed by atoms with van der Waals surface area (Å²) in [5.41, 5.74) is -0.936. The summed E-state index contributed by atoms with van der Waals surface area (Å²) < 4.78 is 55.3. The number of hydrogen-bond donors (Lipinski definition) is 1. The van der Waals surface area contributed by atoms with Gasteiger partial charge < -0.3 is 0 Å². The van der Waals surface area contributed by atoms with Crippen molar-refractivity contribution in [3.63, 3.8) is 0 Å². The maximum atomic E-state index is 13.8. The Labute approximate surface area is 181 Å². The number of halogens is 5. The molecule has 0 aliphatic rings. The molecule has 4 aromatic rings. The van der Waals surface area contributed by atoms with Crippen LogP contribution in [0, 0.1) is 5.82 Å². The minimum atomic E-state index is -4.85. The predicted octanol–water partition coefficient (Wildman–Crippen LogP) is 6.06. The smallest absolute Gasteiger partial charge is 0.298 e. The highest BCUT2D eigenvalue weighted by molar-refractivity contribution is 7.14. The minimum Gasteiger partial charge on any atom is -0.298 e. The zero-order chi connectivity index (χ0) is 22.2. The summed E-state index contributed by atoms with van der Waals surface area (Å²) in [6, 6.07) is 11.2. The number of nitrogens with one attached hydrogen (secondary N) is 1. The number of aromatic nitrogens is 3. The van der Waals surface area contributed by atoms with E-state index in [1.807, 2.05) is 0 Å². The van der Waals surface area contributed by atoms with E-state index in [1.54, 1.807) is 11.4 Å². The van der Waals surface area contributed by atoms with Crippen molar-refractivity contribution in [1.29, 1.82) is 0 Å². The average molecular weight is 467 g/mol. The van der Waals surface area contributed by atoms with Crippen molar-refractivity contribution in [2.75, 3.05) is 5.32 Å². The van der Waals surface area contributed by atoms with Gasteiger partial charge in [-0.1, -0.05) is 23.7 Å². The van der Waals surface area contributed by atoms with Crippen LogP contribution in [0.1, 0.15) is 16.1 Å². The van der Waals surface area contributed by atoms with Gasteiger partial charge in [-0.3, -0.25) is 10.1 Å². The van der Waals surface area contributed by atoms with E-state index in [0.29, 0.717) is 21.0 Å². The average Bonchev–Trinajstić information content (AvgIpc) is 3.36. The van der Waals surface area contributed by atoms with Crippen LogP contribution >= 0.6 is 22.9 Å². The second kappa shape index (κ2) is 8.12. The highest BCUT2D eigenvalue weighted by Gasteiger charge is 2.40. The van der Waals surface area contributed by atoms with Crippen molar-refractivity contribution in [2.24, 2.45) is 0 Å². The van der Waals surface area contributed by atoms with Gasteiger partial charge in [0.2, 0.25) is 0 Å². The summed E-state index contributed by atoms with van der Waals surface area (Å²) in [5.74, 6) is -1.48. The summed E-state index contributed by atoms with van der Waals surface area (Å²) in [5, 5.41) is 8.07. The molecule has 4 rings (SSSR count). The van der Waals surface area contributed by atoms with Crippen molar-refractivity contribution >= 4 is 34.0 Å². The number of carbonyl (C=O) groups is 1. The van der Waals surface area contributed by atoms with Crippen molar-refractivity contribution < 1.29 is 22.4 Å². The first-order valence-corrected chi connectivity index (χ1v) is 9.92. The second-order valence-electron chi connectivity index (χ2n) is 6.30. The molecule has 2 aromatic heterocycles. The minimum absolute atomic E-state index is 0.0663. The Hall–Kier alpha value is -3.24. The Morgan fingerprint density at radius 3 is 2.55 bits per heavy atom. The topological polar surface area (TPSA) is 59.8 Å². The molecule has 1 N–H and O–H groups in total. The molecule has 0 spiro atoms. The van der Waals surface area contributed by atoms with E-state index in [4.69, 9.17) is 11.6 Å². The monoisotopic (exact) mass is 466 g/mol. The summed E-state index contributed by atoms with van der Waals surface area (Å²) in [7, 11) is 0. The van der Waals surface area contributed by atoms with Crippen LogP contribution in [0.4, 0.5) is 22.7 Å². The Morgan fingerprint density at radius 1 is 1.13 bits per heavy atom. The lowest BCUT2D eigenvalue weighted by molar-refractivity contribution is -0.143. The number of carbonyl (C=O) groups excluding carboxylic acids is 1. The molecular weight excluding hydrogens is 456 g/mol. The van der Waals surface area contributed by atoms with Crippen molar-refractivity contribution in [3.05, 3.63) is 82.2 Å². The van der Waals surface area contributed by atoms with Gasteiger partial charge in [-0.25, -0.2) is 14.1 Å². The molecule has 5 nitrogen and oxygen atoms in total. The highest BCUT2D eigenvalue weighted by atomic mass is 35.5. The van der Waals surface area contributed by atoms with E-state index < -0.39 is 29.2 Å². The van der Waals surface area contributed by atoms with Crippen LogP contribution in [0.5, 0.6) is 0 Å². The number of amides is 1. The molecule has 31 heavy (non-hydrogen) atoms. The van der Waals surface area contributed by atoms with Gasteiger partial charge >= 0.3 is 6.18 Å². The molecule has 1 amide bonds. The third-order valence-electron chi connectivity index (χ3n) is 4.20. The molecule has 0 radical (unpaired) electrons. The van der Waals surface area contributed by atoms with Gasteiger partial charge in [0.25, 0.3) is 5.91 Å². The summed E-state index contributed by atoms with van der Waals surface area (Å²) >= 11 is 6.79. The molecule has 0 atom stereocenters. The Morgan fingerprint density at radius 2 is 1.87 bits per heavy atom. The molecule has 158 valence electrons. The Balaban J connectivity index is 1.64. The zero-order valence-electron chi connectivity index (χ0n) is 15.3. The van der Waals surface area contributed by atoms with Crippen LogP contribution in [0.15, 0.2) is 60.1 Å². The highest BCUT2D eigenvalue weighted by Crippen LogP contribution is 2.34. The molecular formula is C20H11ClF4N4OS. The van der Waals surface area contributed by atoms with Gasteiger partial charge in [0.05, 0.1) is 23.1 Å². The summed E-state index contributed by atoms with van der Waals surface area (Å²) in [6.45, 7) is 0. The SMILES string of the molecule is O=C(Nc1nc(-c2cccc(F)c2)cs1)c1cnn(-c2ccc(Cl)cc2)c1C(F)(F)F. The normalized spacial score (nSPS) is 11.5. The third kappa shape index (κ3) is 4.44. The van der Waals surface area contributed by atoms with Crippen LogP contribution < -0.4 is 5.32 Å². The second-order valence-corrected chi connectivity index (χ2v) is 7.59. The Bertz CT molecular complexity index is 1250. The molecule has 2 aromatic carbocycles. The number of thiazole rings is 1. The van der Waals surface area contributed by atoms with E-state index in [9.17, 15) is 22.4 Å². The molecule has 0 aliphatic heterocycles. The number of alkyl halides is 3. The predicted molar refractivity (Wildman–Crippen MR) is 109 cm³/mol. The zero-order valence-corrected chi connectivity index (χ0v) is 16.9. The fourth-order valence-electron chi connectivity index (χ4n) is 2.84. The van der Waals surface area contributed by atoms with Crippen LogP contribution in [0.25, 0.3) is 16.9 Å². The third-order valence-corrected chi connectivity index (χ3v) is 5.21. The fourth-order valence-corrected chi connectivity index (χ4v) is 3.68. The molecule has 0 bridgehead atoms. The number of rotatable bonds is 4. The fraction of sp³-hybridized carbons (Fsp3) is 0.0500. The lowest BCUT2D eigenvalue weighted by Crippen LogP contribution is -2.20. The van der Waals surface area contributed by atoms with E-state index in [1.165, 1.54) is 42.5 Å². The summed E-state index contributed by atoms with van der Waals surface area (Å²) in [4.78, 5) is 16.8. The molecule has 11 heteroatoms. The number of hydrogen-bond acceptors (Lipinski definition) is 4. The first-order valence-electron chi connectivity index (χ1n) is 8.66. The maximum Gasteiger partial charge on any atom is 0.434 e. The number of anilines is 1. The molecule has 0 unspecified atom stereocenters. The van der Waals surface area contributed by atoms with Gasteiger partial charge in [-0.2, -0.15) is 18.3 Å². The molecule has 0 fully saturated rings. The van der Waals surface area contributed by atoms with Crippen molar-refractivity contribution in [3.8, 4) is 16.9 Å². The first-order chi connectivity index (χ1) is 14.7. The van der Waals surface area contributed by atoms with Gasteiger partial charge in [0.15, 0.2) is 10.8 Å². The van der Waals surface area contributed by atoms with E-state index in [-0.39, 0.29) is 10.8 Å². The van der Waals surface area contributed by atoms with Gasteiger partial charge in [0, 0.05) is 16.0 Å². The first kappa shape index (κ1) is 21.0. The largest absolute Gasteiger partial charge is 0.434 e. The van der Waals surface area contributed by atoms with Crippen molar-refractivity contribution in [1.82, 2.24) is 14.8 Å². The lowest BCUT2D eigenvalue weighted by Gasteiger charge is -2.12. The van der Waals surface area contributed by atoms with Gasteiger partial charge in [0.1, 0.15) is 5.82 Å². The van der Waals surface area contributed by atoms with E-state index in [0.717, 1.165) is 17.5 Å². The quantitative estimate of drug-likeness (QED) is 0.372. The van der Waals surface area contributed by atoms with Crippen LogP contribution in [-0.4, -0.2) is 20.7 Å². The lowest BCUT2D eigenvalue weighted by atomic mass is 10.2. The van der Waals surface area contributed by atoms with Crippen LogP contribution in [0.2, 0.25) is 5.02 Å². The van der Waals surface area contributed by atoms with Crippen LogP contribution in [-0.2, 0) is 6.18 Å². The molecule has 0 saturated heterocycles. The number of nitrogens with zero attached hydrogens (tertiary/aromatic N) is 3. The molecule has 2 heterocycles. The van der Waals surface area contributed by atoms with E-state index in [2.05, 4.69) is 15.4 Å². The van der Waals surface area contributed by atoms with E-state index >= 15 is 0 Å². The Kier molecular flexibility index (Phi) is 5.50. The van der Waals surface area contributed by atoms with Gasteiger partial charge in [-0.15, -0.1) is 11.3 Å². The molecule has 0 aliphatic carbocycles. The van der Waals surface area contributed by atoms with Crippen LogP contribution in [0.3, 0.4) is 0 Å².